The van der Waals surface area contributed by atoms with Gasteiger partial charge in [-0.1, -0.05) is 11.6 Å². The number of hydrogen-bond donors (Lipinski definition) is 2. The molecule has 0 bridgehead atoms. The van der Waals surface area contributed by atoms with Crippen LogP contribution in [-0.2, 0) is 4.79 Å². The molecule has 0 radical (unpaired) electrons. The molecule has 5 heteroatoms. The molecule has 1 aromatic carbocycles. The lowest BCUT2D eigenvalue weighted by Gasteiger charge is -2.21. The van der Waals surface area contributed by atoms with Gasteiger partial charge in [0.15, 0.2) is 0 Å². The molecule has 18 heavy (non-hydrogen) atoms. The van der Waals surface area contributed by atoms with E-state index < -0.39 is 0 Å². The van der Waals surface area contributed by atoms with Crippen molar-refractivity contribution in [2.24, 2.45) is 5.92 Å². The van der Waals surface area contributed by atoms with E-state index in [0.717, 1.165) is 31.6 Å². The lowest BCUT2D eigenvalue weighted by atomic mass is 9.94. The topological polar surface area (TPSA) is 41.1 Å². The van der Waals surface area contributed by atoms with Crippen LogP contribution in [0.4, 0.5) is 5.69 Å². The Balaban J connectivity index is 0.00000162. The van der Waals surface area contributed by atoms with E-state index in [0.29, 0.717) is 17.4 Å². The van der Waals surface area contributed by atoms with Gasteiger partial charge in [-0.15, -0.1) is 12.4 Å². The van der Waals surface area contributed by atoms with E-state index in [2.05, 4.69) is 10.6 Å². The van der Waals surface area contributed by atoms with Crippen molar-refractivity contribution in [3.8, 4) is 0 Å². The summed E-state index contributed by atoms with van der Waals surface area (Å²) in [4.78, 5) is 11.8. The first-order valence-corrected chi connectivity index (χ1v) is 6.38. The van der Waals surface area contributed by atoms with Crippen molar-refractivity contribution in [2.75, 3.05) is 18.4 Å². The van der Waals surface area contributed by atoms with Crippen molar-refractivity contribution < 1.29 is 4.79 Å². The summed E-state index contributed by atoms with van der Waals surface area (Å²) in [5.74, 6) is 0.614. The molecule has 1 aliphatic heterocycles. The highest BCUT2D eigenvalue weighted by Gasteiger charge is 2.16. The Morgan fingerprint density at radius 3 is 2.50 bits per heavy atom. The third-order valence-corrected chi connectivity index (χ3v) is 3.31. The van der Waals surface area contributed by atoms with Crippen LogP contribution in [-0.4, -0.2) is 19.0 Å². The smallest absolute Gasteiger partial charge is 0.224 e. The second-order valence-electron chi connectivity index (χ2n) is 4.45. The number of carbonyl (C=O) groups excluding carboxylic acids is 1. The highest BCUT2D eigenvalue weighted by atomic mass is 35.5. The zero-order chi connectivity index (χ0) is 12.1. The normalized spacial score (nSPS) is 15.8. The summed E-state index contributed by atoms with van der Waals surface area (Å²) < 4.78 is 0. The van der Waals surface area contributed by atoms with Gasteiger partial charge in [-0.25, -0.2) is 0 Å². The molecule has 1 fully saturated rings. The molecular formula is C13H18Cl2N2O. The molecule has 0 spiro atoms. The summed E-state index contributed by atoms with van der Waals surface area (Å²) in [6.45, 7) is 2.05. The summed E-state index contributed by atoms with van der Waals surface area (Å²) in [6, 6.07) is 7.20. The maximum atomic E-state index is 11.8. The first-order chi connectivity index (χ1) is 8.24. The molecule has 0 aromatic heterocycles. The van der Waals surface area contributed by atoms with Crippen LogP contribution in [0.3, 0.4) is 0 Å². The zero-order valence-electron chi connectivity index (χ0n) is 10.1. The SMILES string of the molecule is Cl.O=C(CC1CCNCC1)Nc1ccc(Cl)cc1. The molecular weight excluding hydrogens is 271 g/mol. The van der Waals surface area contributed by atoms with Crippen LogP contribution in [0.15, 0.2) is 24.3 Å². The van der Waals surface area contributed by atoms with Crippen molar-refractivity contribution in [2.45, 2.75) is 19.3 Å². The van der Waals surface area contributed by atoms with Crippen molar-refractivity contribution in [1.29, 1.82) is 0 Å². The number of amides is 1. The van der Waals surface area contributed by atoms with E-state index in [9.17, 15) is 4.79 Å². The summed E-state index contributed by atoms with van der Waals surface area (Å²) in [6.07, 6.45) is 2.80. The molecule has 2 rings (SSSR count). The van der Waals surface area contributed by atoms with Crippen LogP contribution < -0.4 is 10.6 Å². The second-order valence-corrected chi connectivity index (χ2v) is 4.89. The Morgan fingerprint density at radius 2 is 1.89 bits per heavy atom. The average molecular weight is 289 g/mol. The predicted molar refractivity (Wildman–Crippen MR) is 77.5 cm³/mol. The fraction of sp³-hybridized carbons (Fsp3) is 0.462. The summed E-state index contributed by atoms with van der Waals surface area (Å²) in [5.41, 5.74) is 0.813. The van der Waals surface area contributed by atoms with Gasteiger partial charge in [0.2, 0.25) is 5.91 Å². The van der Waals surface area contributed by atoms with Gasteiger partial charge in [0.1, 0.15) is 0 Å². The van der Waals surface area contributed by atoms with Crippen LogP contribution in [0.5, 0.6) is 0 Å². The molecule has 2 N–H and O–H groups in total. The zero-order valence-corrected chi connectivity index (χ0v) is 11.7. The number of anilines is 1. The first-order valence-electron chi connectivity index (χ1n) is 6.00. The molecule has 1 saturated heterocycles. The van der Waals surface area contributed by atoms with E-state index >= 15 is 0 Å². The van der Waals surface area contributed by atoms with Gasteiger partial charge in [-0.2, -0.15) is 0 Å². The molecule has 0 saturated carbocycles. The number of carbonyl (C=O) groups is 1. The van der Waals surface area contributed by atoms with Crippen LogP contribution in [0.1, 0.15) is 19.3 Å². The van der Waals surface area contributed by atoms with Gasteiger partial charge in [-0.05, 0) is 56.1 Å². The molecule has 0 unspecified atom stereocenters. The summed E-state index contributed by atoms with van der Waals surface area (Å²) in [7, 11) is 0. The molecule has 0 aliphatic carbocycles. The largest absolute Gasteiger partial charge is 0.326 e. The highest BCUT2D eigenvalue weighted by molar-refractivity contribution is 6.30. The first kappa shape index (κ1) is 15.3. The molecule has 100 valence electrons. The average Bonchev–Trinajstić information content (AvgIpc) is 2.33. The van der Waals surface area contributed by atoms with Crippen molar-refractivity contribution in [3.63, 3.8) is 0 Å². The van der Waals surface area contributed by atoms with Gasteiger partial charge in [0.05, 0.1) is 0 Å². The molecule has 1 aromatic rings. The molecule has 1 amide bonds. The fourth-order valence-corrected chi connectivity index (χ4v) is 2.22. The number of benzene rings is 1. The predicted octanol–water partition coefficient (Wildman–Crippen LogP) is 3.09. The minimum atomic E-state index is 0. The minimum absolute atomic E-state index is 0. The van der Waals surface area contributed by atoms with Gasteiger partial charge >= 0.3 is 0 Å². The fourth-order valence-electron chi connectivity index (χ4n) is 2.09. The van der Waals surface area contributed by atoms with Crippen LogP contribution >= 0.6 is 24.0 Å². The Bertz CT molecular complexity index is 375. The molecule has 1 aliphatic rings. The Hall–Kier alpha value is -0.770. The quantitative estimate of drug-likeness (QED) is 0.897. The third-order valence-electron chi connectivity index (χ3n) is 3.06. The van der Waals surface area contributed by atoms with E-state index in [4.69, 9.17) is 11.6 Å². The number of hydrogen-bond acceptors (Lipinski definition) is 2. The van der Waals surface area contributed by atoms with E-state index in [-0.39, 0.29) is 18.3 Å². The molecule has 3 nitrogen and oxygen atoms in total. The lowest BCUT2D eigenvalue weighted by Crippen LogP contribution is -2.30. The monoisotopic (exact) mass is 288 g/mol. The Morgan fingerprint density at radius 1 is 1.28 bits per heavy atom. The van der Waals surface area contributed by atoms with Crippen molar-refractivity contribution in [1.82, 2.24) is 5.32 Å². The number of piperidine rings is 1. The summed E-state index contributed by atoms with van der Waals surface area (Å²) >= 11 is 5.78. The van der Waals surface area contributed by atoms with Crippen LogP contribution in [0.2, 0.25) is 5.02 Å². The maximum absolute atomic E-state index is 11.8. The third kappa shape index (κ3) is 4.84. The lowest BCUT2D eigenvalue weighted by molar-refractivity contribution is -0.117. The maximum Gasteiger partial charge on any atom is 0.224 e. The Kier molecular flexibility index (Phi) is 6.47. The van der Waals surface area contributed by atoms with Gasteiger partial charge in [0.25, 0.3) is 0 Å². The van der Waals surface area contributed by atoms with E-state index in [1.54, 1.807) is 12.1 Å². The van der Waals surface area contributed by atoms with Gasteiger partial charge in [-0.3, -0.25) is 4.79 Å². The van der Waals surface area contributed by atoms with Crippen LogP contribution in [0.25, 0.3) is 0 Å². The van der Waals surface area contributed by atoms with E-state index in [1.165, 1.54) is 0 Å². The van der Waals surface area contributed by atoms with E-state index in [1.807, 2.05) is 12.1 Å². The minimum Gasteiger partial charge on any atom is -0.326 e. The van der Waals surface area contributed by atoms with Crippen molar-refractivity contribution in [3.05, 3.63) is 29.3 Å². The number of rotatable bonds is 3. The number of halogens is 2. The standard InChI is InChI=1S/C13H17ClN2O.ClH/c14-11-1-3-12(4-2-11)16-13(17)9-10-5-7-15-8-6-10;/h1-4,10,15H,5-9H2,(H,16,17);1H. The Labute approximate surface area is 119 Å². The molecule has 1 heterocycles. The highest BCUT2D eigenvalue weighted by Crippen LogP contribution is 2.18. The van der Waals surface area contributed by atoms with Crippen molar-refractivity contribution >= 4 is 35.6 Å². The van der Waals surface area contributed by atoms with Crippen LogP contribution in [0, 0.1) is 5.92 Å². The molecule has 0 atom stereocenters. The van der Waals surface area contributed by atoms with Gasteiger partial charge in [0, 0.05) is 17.1 Å². The summed E-state index contributed by atoms with van der Waals surface area (Å²) in [5, 5.41) is 6.88. The second kappa shape index (κ2) is 7.62. The van der Waals surface area contributed by atoms with Gasteiger partial charge < -0.3 is 10.6 Å². The number of nitrogens with one attached hydrogen (secondary N) is 2.